The van der Waals surface area contributed by atoms with E-state index in [1.807, 2.05) is 12.1 Å². The molecule has 0 saturated carbocycles. The Bertz CT molecular complexity index is 484. The summed E-state index contributed by atoms with van der Waals surface area (Å²) in [7, 11) is 0. The lowest BCUT2D eigenvalue weighted by Gasteiger charge is -2.11. The van der Waals surface area contributed by atoms with E-state index in [1.54, 1.807) is 18.5 Å². The highest BCUT2D eigenvalue weighted by atomic mass is 79.9. The van der Waals surface area contributed by atoms with E-state index < -0.39 is 6.10 Å². The fourth-order valence-corrected chi connectivity index (χ4v) is 2.11. The zero-order valence-corrected chi connectivity index (χ0v) is 10.6. The van der Waals surface area contributed by atoms with Crippen LogP contribution in [0.1, 0.15) is 17.2 Å². The average Bonchev–Trinajstić information content (AvgIpc) is 2.29. The molecule has 0 saturated heterocycles. The second kappa shape index (κ2) is 5.38. The summed E-state index contributed by atoms with van der Waals surface area (Å²) < 4.78 is 13.8. The Labute approximate surface area is 107 Å². The van der Waals surface area contributed by atoms with E-state index >= 15 is 0 Å². The van der Waals surface area contributed by atoms with E-state index in [1.165, 1.54) is 12.1 Å². The third-order valence-electron chi connectivity index (χ3n) is 2.42. The molecule has 0 bridgehead atoms. The molecule has 4 heteroatoms. The lowest BCUT2D eigenvalue weighted by Crippen LogP contribution is -2.02. The van der Waals surface area contributed by atoms with E-state index in [9.17, 15) is 9.50 Å². The smallest absolute Gasteiger partial charge is 0.124 e. The van der Waals surface area contributed by atoms with E-state index in [0.29, 0.717) is 16.5 Å². The van der Waals surface area contributed by atoms with Crippen LogP contribution in [0, 0.1) is 5.82 Å². The molecule has 17 heavy (non-hydrogen) atoms. The summed E-state index contributed by atoms with van der Waals surface area (Å²) in [5, 5.41) is 10.0. The quantitative estimate of drug-likeness (QED) is 0.943. The largest absolute Gasteiger partial charge is 0.388 e. The number of pyridine rings is 1. The van der Waals surface area contributed by atoms with Crippen LogP contribution in [0.3, 0.4) is 0 Å². The predicted molar refractivity (Wildman–Crippen MR) is 67.0 cm³/mol. The zero-order valence-electron chi connectivity index (χ0n) is 8.98. The fraction of sp³-hybridized carbons (Fsp3) is 0.154. The van der Waals surface area contributed by atoms with Crippen LogP contribution < -0.4 is 0 Å². The zero-order chi connectivity index (χ0) is 12.3. The van der Waals surface area contributed by atoms with Crippen LogP contribution in [-0.2, 0) is 6.42 Å². The Morgan fingerprint density at radius 3 is 2.82 bits per heavy atom. The Morgan fingerprint density at radius 2 is 2.18 bits per heavy atom. The van der Waals surface area contributed by atoms with Gasteiger partial charge in [-0.05, 0) is 35.4 Å². The molecule has 0 aliphatic carbocycles. The van der Waals surface area contributed by atoms with Gasteiger partial charge in [0.25, 0.3) is 0 Å². The first kappa shape index (κ1) is 12.2. The Hall–Kier alpha value is -1.26. The van der Waals surface area contributed by atoms with E-state index in [4.69, 9.17) is 0 Å². The minimum atomic E-state index is -0.730. The molecule has 1 N–H and O–H groups in total. The van der Waals surface area contributed by atoms with Crippen molar-refractivity contribution < 1.29 is 9.50 Å². The second-order valence-electron chi connectivity index (χ2n) is 3.78. The average molecular weight is 296 g/mol. The second-order valence-corrected chi connectivity index (χ2v) is 4.70. The number of hydrogen-bond acceptors (Lipinski definition) is 2. The molecule has 1 aromatic heterocycles. The van der Waals surface area contributed by atoms with E-state index in [-0.39, 0.29) is 5.82 Å². The molecule has 88 valence electrons. The van der Waals surface area contributed by atoms with Gasteiger partial charge in [0.2, 0.25) is 0 Å². The predicted octanol–water partition coefficient (Wildman–Crippen LogP) is 3.26. The van der Waals surface area contributed by atoms with Crippen molar-refractivity contribution in [1.29, 1.82) is 0 Å². The molecule has 2 nitrogen and oxygen atoms in total. The molecule has 2 aromatic rings. The van der Waals surface area contributed by atoms with Crippen molar-refractivity contribution in [2.45, 2.75) is 12.5 Å². The van der Waals surface area contributed by atoms with E-state index in [2.05, 4.69) is 20.9 Å². The summed E-state index contributed by atoms with van der Waals surface area (Å²) in [6, 6.07) is 8.10. The minimum Gasteiger partial charge on any atom is -0.388 e. The minimum absolute atomic E-state index is 0.361. The highest BCUT2D eigenvalue weighted by Crippen LogP contribution is 2.22. The molecule has 0 spiro atoms. The number of aliphatic hydroxyl groups excluding tert-OH is 1. The number of nitrogens with zero attached hydrogens (tertiary/aromatic N) is 1. The summed E-state index contributed by atoms with van der Waals surface area (Å²) in [5.74, 6) is -0.361. The molecular formula is C13H11BrFNO. The Kier molecular flexibility index (Phi) is 3.86. The number of aromatic nitrogens is 1. The number of aliphatic hydroxyl groups is 1. The monoisotopic (exact) mass is 295 g/mol. The lowest BCUT2D eigenvalue weighted by atomic mass is 10.0. The van der Waals surface area contributed by atoms with Crippen LogP contribution >= 0.6 is 15.9 Å². The van der Waals surface area contributed by atoms with Crippen molar-refractivity contribution in [2.24, 2.45) is 0 Å². The maximum absolute atomic E-state index is 13.2. The first-order valence-corrected chi connectivity index (χ1v) is 5.97. The SMILES string of the molecule is OC(Cc1cccnc1)c1cc(F)cc(Br)c1. The van der Waals surface area contributed by atoms with Gasteiger partial charge in [-0.15, -0.1) is 0 Å². The van der Waals surface area contributed by atoms with Gasteiger partial charge in [0.1, 0.15) is 5.82 Å². The molecule has 1 atom stereocenters. The number of rotatable bonds is 3. The molecule has 1 heterocycles. The van der Waals surface area contributed by atoms with Gasteiger partial charge in [0, 0.05) is 23.3 Å². The van der Waals surface area contributed by atoms with Gasteiger partial charge in [-0.3, -0.25) is 4.98 Å². The highest BCUT2D eigenvalue weighted by Gasteiger charge is 2.10. The van der Waals surface area contributed by atoms with Crippen LogP contribution in [0.25, 0.3) is 0 Å². The Morgan fingerprint density at radius 1 is 1.35 bits per heavy atom. The Balaban J connectivity index is 2.17. The molecule has 0 fully saturated rings. The standard InChI is InChI=1S/C13H11BrFNO/c14-11-5-10(6-12(15)7-11)13(17)4-9-2-1-3-16-8-9/h1-3,5-8,13,17H,4H2. The number of hydrogen-bond donors (Lipinski definition) is 1. The van der Waals surface area contributed by atoms with Crippen molar-refractivity contribution in [1.82, 2.24) is 4.98 Å². The van der Waals surface area contributed by atoms with Gasteiger partial charge in [0.15, 0.2) is 0 Å². The topological polar surface area (TPSA) is 33.1 Å². The highest BCUT2D eigenvalue weighted by molar-refractivity contribution is 9.10. The maximum Gasteiger partial charge on any atom is 0.124 e. The van der Waals surface area contributed by atoms with Gasteiger partial charge in [-0.25, -0.2) is 4.39 Å². The molecule has 2 rings (SSSR count). The summed E-state index contributed by atoms with van der Waals surface area (Å²) in [4.78, 5) is 3.97. The normalized spacial score (nSPS) is 12.4. The summed E-state index contributed by atoms with van der Waals surface area (Å²) in [6.45, 7) is 0. The van der Waals surface area contributed by atoms with Gasteiger partial charge >= 0.3 is 0 Å². The third-order valence-corrected chi connectivity index (χ3v) is 2.88. The van der Waals surface area contributed by atoms with Crippen molar-refractivity contribution in [3.05, 3.63) is 64.1 Å². The first-order chi connectivity index (χ1) is 8.15. The van der Waals surface area contributed by atoms with Crippen molar-refractivity contribution in [3.63, 3.8) is 0 Å². The molecule has 0 amide bonds. The summed E-state index contributed by atoms with van der Waals surface area (Å²) in [6.07, 6.45) is 3.06. The van der Waals surface area contributed by atoms with Crippen molar-refractivity contribution in [2.75, 3.05) is 0 Å². The molecule has 1 unspecified atom stereocenters. The third kappa shape index (κ3) is 3.35. The number of halogens is 2. The molecule has 1 aromatic carbocycles. The van der Waals surface area contributed by atoms with Gasteiger partial charge in [-0.2, -0.15) is 0 Å². The van der Waals surface area contributed by atoms with Crippen LogP contribution in [0.4, 0.5) is 4.39 Å². The number of benzene rings is 1. The molecule has 0 radical (unpaired) electrons. The molecule has 0 aliphatic rings. The van der Waals surface area contributed by atoms with Crippen molar-refractivity contribution >= 4 is 15.9 Å². The van der Waals surface area contributed by atoms with Crippen LogP contribution in [0.2, 0.25) is 0 Å². The van der Waals surface area contributed by atoms with Gasteiger partial charge in [-0.1, -0.05) is 22.0 Å². The van der Waals surface area contributed by atoms with Crippen LogP contribution in [0.5, 0.6) is 0 Å². The van der Waals surface area contributed by atoms with E-state index in [0.717, 1.165) is 5.56 Å². The van der Waals surface area contributed by atoms with Gasteiger partial charge < -0.3 is 5.11 Å². The summed E-state index contributed by atoms with van der Waals surface area (Å²) in [5.41, 5.74) is 1.47. The first-order valence-electron chi connectivity index (χ1n) is 5.18. The lowest BCUT2D eigenvalue weighted by molar-refractivity contribution is 0.178. The fourth-order valence-electron chi connectivity index (χ4n) is 1.63. The molecule has 0 aliphatic heterocycles. The van der Waals surface area contributed by atoms with Crippen LogP contribution in [-0.4, -0.2) is 10.1 Å². The molecular weight excluding hydrogens is 285 g/mol. The summed E-state index contributed by atoms with van der Waals surface area (Å²) >= 11 is 3.20. The maximum atomic E-state index is 13.2. The van der Waals surface area contributed by atoms with Crippen LogP contribution in [0.15, 0.2) is 47.2 Å². The van der Waals surface area contributed by atoms with Crippen molar-refractivity contribution in [3.8, 4) is 0 Å². The van der Waals surface area contributed by atoms with Gasteiger partial charge in [0.05, 0.1) is 6.10 Å².